The van der Waals surface area contributed by atoms with Crippen molar-refractivity contribution < 1.29 is 37.0 Å². The van der Waals surface area contributed by atoms with Gasteiger partial charge in [0.15, 0.2) is 16.6 Å². The van der Waals surface area contributed by atoms with E-state index in [-0.39, 0.29) is 57.6 Å². The zero-order valence-electron chi connectivity index (χ0n) is 31.9. The van der Waals surface area contributed by atoms with Crippen LogP contribution in [0.5, 0.6) is 11.8 Å². The lowest BCUT2D eigenvalue weighted by atomic mass is 9.88. The van der Waals surface area contributed by atoms with Gasteiger partial charge >= 0.3 is 6.18 Å². The number of halogens is 4. The summed E-state index contributed by atoms with van der Waals surface area (Å²) in [7, 11) is 1.31. The number of rotatable bonds is 10. The highest BCUT2D eigenvalue weighted by molar-refractivity contribution is 6.36. The van der Waals surface area contributed by atoms with E-state index in [4.69, 9.17) is 30.9 Å². The van der Waals surface area contributed by atoms with Gasteiger partial charge in [0, 0.05) is 64.0 Å². The Labute approximate surface area is 340 Å². The van der Waals surface area contributed by atoms with Gasteiger partial charge in [0.2, 0.25) is 29.3 Å². The van der Waals surface area contributed by atoms with Crippen molar-refractivity contribution in [2.45, 2.75) is 69.1 Å². The van der Waals surface area contributed by atoms with Crippen LogP contribution in [-0.4, -0.2) is 91.8 Å². The summed E-state index contributed by atoms with van der Waals surface area (Å²) in [5, 5.41) is 32.3. The zero-order valence-corrected chi connectivity index (χ0v) is 32.7. The number of nitrogens with one attached hydrogen (secondary N) is 2. The number of carbonyl (C=O) groups excluding carboxylic acids is 1. The number of carbonyl (C=O) groups is 1. The van der Waals surface area contributed by atoms with Crippen LogP contribution in [0.3, 0.4) is 0 Å². The minimum absolute atomic E-state index is 0.00304. The number of likely N-dealkylation sites (tertiary alicyclic amines) is 2. The third kappa shape index (κ3) is 7.17. The fourth-order valence-electron chi connectivity index (χ4n) is 8.85. The topological polar surface area (TPSA) is 179 Å². The normalized spacial score (nSPS) is 20.2. The third-order valence-electron chi connectivity index (χ3n) is 11.7. The van der Waals surface area contributed by atoms with E-state index >= 15 is 0 Å². The Balaban J connectivity index is 0.983. The Morgan fingerprint density at radius 3 is 2.56 bits per heavy atom. The van der Waals surface area contributed by atoms with Gasteiger partial charge in [-0.05, 0) is 48.4 Å². The van der Waals surface area contributed by atoms with E-state index in [0.717, 1.165) is 30.6 Å². The molecular formula is C41H39ClF3N9O5. The van der Waals surface area contributed by atoms with E-state index < -0.39 is 30.0 Å². The number of benzene rings is 2. The molecular weight excluding hydrogens is 791 g/mol. The molecule has 59 heavy (non-hydrogen) atoms. The van der Waals surface area contributed by atoms with Gasteiger partial charge in [-0.1, -0.05) is 41.9 Å². The summed E-state index contributed by atoms with van der Waals surface area (Å²) in [5.74, 6) is -0.562. The number of hydrogen-bond donors (Lipinski definition) is 3. The average molecular weight is 830 g/mol. The predicted molar refractivity (Wildman–Crippen MR) is 206 cm³/mol. The van der Waals surface area contributed by atoms with Crippen molar-refractivity contribution in [3.05, 3.63) is 81.2 Å². The molecule has 3 fully saturated rings. The smallest absolute Gasteiger partial charge is 0.438 e. The first-order valence-corrected chi connectivity index (χ1v) is 19.7. The third-order valence-corrected chi connectivity index (χ3v) is 12.1. The van der Waals surface area contributed by atoms with Crippen LogP contribution in [0.1, 0.15) is 59.9 Å². The maximum Gasteiger partial charge on any atom is 0.438 e. The molecule has 2 aromatic carbocycles. The molecule has 0 unspecified atom stereocenters. The second-order valence-corrected chi connectivity index (χ2v) is 16.0. The minimum atomic E-state index is -4.86. The van der Waals surface area contributed by atoms with Crippen molar-refractivity contribution in [3.8, 4) is 40.4 Å². The fraction of sp³-hybridized carbons (Fsp3) is 0.415. The van der Waals surface area contributed by atoms with Crippen LogP contribution >= 0.6 is 11.6 Å². The van der Waals surface area contributed by atoms with Crippen LogP contribution in [0, 0.1) is 16.7 Å². The van der Waals surface area contributed by atoms with E-state index in [9.17, 15) is 28.3 Å². The Bertz CT molecular complexity index is 2600. The molecule has 0 bridgehead atoms. The number of alkyl halides is 3. The number of pyridine rings is 1. The standard InChI is InChI=1S/C41H39ClF3N9O5/c1-57-38-29(19-52-13-11-23(55)18-52)48-35(41(43,44)45)39(50-38)58-30-9-8-25-24(4-2-5-26(25)30)27-6-3-7-28(32(27)42)37-49-33-34(59-37)22(16-46)17-54(36(33)47)15-14-53-20-40(21-53)12-10-31(56)51-40/h2-7,17,23,30,47,55H,8-15,18-21H2,1H3,(H,51,56)/t23-,30+/m1/s1. The average Bonchev–Trinajstić information content (AvgIpc) is 4.01. The molecule has 3 N–H and O–H groups in total. The number of aromatic nitrogens is 4. The van der Waals surface area contributed by atoms with Crippen LogP contribution in [0.15, 0.2) is 47.0 Å². The summed E-state index contributed by atoms with van der Waals surface area (Å²) in [5.41, 5.74) is 2.61. The Morgan fingerprint density at radius 2 is 1.85 bits per heavy atom. The Kier molecular flexibility index (Phi) is 9.86. The number of β-amino-alcohol motifs (C(OH)–C–C–N with tert-alkyl or cyclic N) is 1. The number of oxazole rings is 1. The first-order chi connectivity index (χ1) is 28.3. The van der Waals surface area contributed by atoms with Crippen molar-refractivity contribution in [2.24, 2.45) is 0 Å². The molecule has 0 radical (unpaired) electrons. The number of fused-ring (bicyclic) bond motifs is 2. The van der Waals surface area contributed by atoms with Gasteiger partial charge in [0.05, 0.1) is 29.3 Å². The van der Waals surface area contributed by atoms with Crippen LogP contribution < -0.4 is 20.3 Å². The fourth-order valence-corrected chi connectivity index (χ4v) is 9.16. The molecule has 2 atom stereocenters. The molecule has 3 aromatic heterocycles. The molecule has 1 aliphatic carbocycles. The monoisotopic (exact) mass is 829 g/mol. The first-order valence-electron chi connectivity index (χ1n) is 19.4. The molecule has 1 amide bonds. The number of hydrogen-bond acceptors (Lipinski definition) is 12. The molecule has 1 spiro atoms. The summed E-state index contributed by atoms with van der Waals surface area (Å²) >= 11 is 7.12. The molecule has 6 heterocycles. The summed E-state index contributed by atoms with van der Waals surface area (Å²) < 4.78 is 62.6. The van der Waals surface area contributed by atoms with Crippen LogP contribution in [0.25, 0.3) is 33.7 Å². The van der Waals surface area contributed by atoms with Crippen molar-refractivity contribution >= 4 is 28.6 Å². The highest BCUT2D eigenvalue weighted by atomic mass is 35.5. The van der Waals surface area contributed by atoms with Crippen molar-refractivity contribution in [1.82, 2.24) is 34.6 Å². The molecule has 0 saturated carbocycles. The van der Waals surface area contributed by atoms with E-state index in [1.54, 1.807) is 39.9 Å². The maximum absolute atomic E-state index is 14.5. The molecule has 4 aliphatic rings. The second-order valence-electron chi connectivity index (χ2n) is 15.6. The first kappa shape index (κ1) is 38.9. The lowest BCUT2D eigenvalue weighted by molar-refractivity contribution is -0.143. The summed E-state index contributed by atoms with van der Waals surface area (Å²) in [4.78, 5) is 28.5. The van der Waals surface area contributed by atoms with Gasteiger partial charge in [0.1, 0.15) is 23.4 Å². The molecule has 3 aliphatic heterocycles. The van der Waals surface area contributed by atoms with Crippen molar-refractivity contribution in [2.75, 3.05) is 39.8 Å². The van der Waals surface area contributed by atoms with Gasteiger partial charge in [-0.15, -0.1) is 0 Å². The largest absolute Gasteiger partial charge is 0.480 e. The quantitative estimate of drug-likeness (QED) is 0.165. The number of ether oxygens (including phenoxy) is 2. The number of methoxy groups -OCH3 is 1. The predicted octanol–water partition coefficient (Wildman–Crippen LogP) is 5.38. The summed E-state index contributed by atoms with van der Waals surface area (Å²) in [6, 6.07) is 13.0. The highest BCUT2D eigenvalue weighted by Gasteiger charge is 2.47. The second kappa shape index (κ2) is 14.9. The summed E-state index contributed by atoms with van der Waals surface area (Å²) in [6.07, 6.45) is -1.90. The van der Waals surface area contributed by atoms with Gasteiger partial charge in [-0.25, -0.2) is 9.97 Å². The molecule has 3 saturated heterocycles. The van der Waals surface area contributed by atoms with Crippen molar-refractivity contribution in [1.29, 1.82) is 10.7 Å². The lowest BCUT2D eigenvalue weighted by Gasteiger charge is -2.48. The lowest BCUT2D eigenvalue weighted by Crippen LogP contribution is -2.67. The van der Waals surface area contributed by atoms with Gasteiger partial charge in [0.25, 0.3) is 0 Å². The Hall–Kier alpha value is -5.54. The molecule has 9 rings (SSSR count). The minimum Gasteiger partial charge on any atom is -0.480 e. The van der Waals surface area contributed by atoms with Crippen LogP contribution in [0.4, 0.5) is 13.2 Å². The van der Waals surface area contributed by atoms with Crippen molar-refractivity contribution in [3.63, 3.8) is 0 Å². The van der Waals surface area contributed by atoms with Crippen LogP contribution in [-0.2, 0) is 30.5 Å². The van der Waals surface area contributed by atoms with E-state index in [2.05, 4.69) is 31.2 Å². The number of nitrogens with zero attached hydrogens (tertiary/aromatic N) is 7. The molecule has 14 nitrogen and oxygen atoms in total. The number of aliphatic hydroxyl groups excluding tert-OH is 1. The van der Waals surface area contributed by atoms with Gasteiger partial charge < -0.3 is 28.9 Å². The van der Waals surface area contributed by atoms with Crippen LogP contribution in [0.2, 0.25) is 5.02 Å². The van der Waals surface area contributed by atoms with Gasteiger partial charge in [-0.3, -0.25) is 20.0 Å². The number of amides is 1. The highest BCUT2D eigenvalue weighted by Crippen LogP contribution is 2.46. The zero-order chi connectivity index (χ0) is 41.2. The number of aliphatic hydroxyl groups is 1. The van der Waals surface area contributed by atoms with E-state index in [0.29, 0.717) is 73.6 Å². The Morgan fingerprint density at radius 1 is 1.07 bits per heavy atom. The van der Waals surface area contributed by atoms with Gasteiger partial charge in [-0.2, -0.15) is 23.4 Å². The molecule has 18 heteroatoms. The van der Waals surface area contributed by atoms with E-state index in [1.807, 2.05) is 12.1 Å². The van der Waals surface area contributed by atoms with E-state index in [1.165, 1.54) is 7.11 Å². The maximum atomic E-state index is 14.5. The molecule has 5 aromatic rings. The number of nitriles is 1. The summed E-state index contributed by atoms with van der Waals surface area (Å²) in [6.45, 7) is 3.39. The SMILES string of the molecule is COc1nc(O[C@H]2CCc3c(-c4cccc(-c5nc6c(=N)n(CCN7CC8(CCC(=O)N8)C7)cc(C#N)c6o5)c4Cl)cccc32)c(C(F)(F)F)nc1CN1CC[C@@H](O)C1. The molecule has 306 valence electrons.